The molecule has 1 aliphatic heterocycles. The van der Waals surface area contributed by atoms with Crippen molar-refractivity contribution in [2.24, 2.45) is 5.92 Å². The van der Waals surface area contributed by atoms with Gasteiger partial charge in [0, 0.05) is 6.92 Å². The van der Waals surface area contributed by atoms with Gasteiger partial charge in [-0.1, -0.05) is 42.8 Å². The SMILES string of the molecule is CC(=O)N[C@H]1CCC2(CCN(CCC(C)CCC=C(C)C)CC2)c2ccccc21. The fourth-order valence-corrected chi connectivity index (χ4v) is 5.32. The van der Waals surface area contributed by atoms with Crippen LogP contribution in [-0.4, -0.2) is 30.4 Å². The van der Waals surface area contributed by atoms with Gasteiger partial charge in [0.15, 0.2) is 0 Å². The standard InChI is InChI=1S/C26H40N2O/c1-20(2)8-7-9-21(3)13-17-28-18-15-26(16-19-28)14-12-25(27-22(4)29)23-10-5-6-11-24(23)26/h5-6,8,10-11,21,25H,7,9,12-19H2,1-4H3,(H,27,29)/t21?,25-/m0/s1. The highest BCUT2D eigenvalue weighted by molar-refractivity contribution is 5.73. The first-order valence-electron chi connectivity index (χ1n) is 11.6. The van der Waals surface area contributed by atoms with Crippen LogP contribution in [0.3, 0.4) is 0 Å². The van der Waals surface area contributed by atoms with E-state index in [1.165, 1.54) is 74.9 Å². The Labute approximate surface area is 178 Å². The average Bonchev–Trinajstić information content (AvgIpc) is 2.69. The number of hydrogen-bond acceptors (Lipinski definition) is 2. The molecule has 0 aromatic heterocycles. The summed E-state index contributed by atoms with van der Waals surface area (Å²) in [6, 6.07) is 9.05. The molecule has 160 valence electrons. The van der Waals surface area contributed by atoms with Crippen LogP contribution in [0, 0.1) is 5.92 Å². The lowest BCUT2D eigenvalue weighted by Gasteiger charge is -2.47. The van der Waals surface area contributed by atoms with E-state index < -0.39 is 0 Å². The van der Waals surface area contributed by atoms with Gasteiger partial charge in [-0.2, -0.15) is 0 Å². The Hall–Kier alpha value is -1.61. The summed E-state index contributed by atoms with van der Waals surface area (Å²) in [5.74, 6) is 0.879. The lowest BCUT2D eigenvalue weighted by atomic mass is 9.63. The Kier molecular flexibility index (Phi) is 7.56. The Bertz CT molecular complexity index is 711. The predicted molar refractivity (Wildman–Crippen MR) is 122 cm³/mol. The van der Waals surface area contributed by atoms with E-state index in [0.717, 1.165) is 12.3 Å². The number of carbonyl (C=O) groups excluding carboxylic acids is 1. The van der Waals surface area contributed by atoms with Gasteiger partial charge in [-0.25, -0.2) is 0 Å². The van der Waals surface area contributed by atoms with Crippen molar-refractivity contribution >= 4 is 5.91 Å². The van der Waals surface area contributed by atoms with Crippen molar-refractivity contribution in [1.82, 2.24) is 10.2 Å². The molecule has 1 aromatic rings. The number of rotatable bonds is 7. The summed E-state index contributed by atoms with van der Waals surface area (Å²) in [6.07, 6.45) is 11.0. The van der Waals surface area contributed by atoms with Crippen molar-refractivity contribution in [1.29, 1.82) is 0 Å². The maximum atomic E-state index is 11.6. The Balaban J connectivity index is 1.55. The molecule has 1 aromatic carbocycles. The third-order valence-corrected chi connectivity index (χ3v) is 7.16. The van der Waals surface area contributed by atoms with Gasteiger partial charge in [-0.05, 0) is 101 Å². The third-order valence-electron chi connectivity index (χ3n) is 7.16. The summed E-state index contributed by atoms with van der Waals surface area (Å²) in [5.41, 5.74) is 4.61. The van der Waals surface area contributed by atoms with Gasteiger partial charge in [0.25, 0.3) is 0 Å². The number of hydrogen-bond donors (Lipinski definition) is 1. The molecule has 0 bridgehead atoms. The topological polar surface area (TPSA) is 32.3 Å². The fourth-order valence-electron chi connectivity index (χ4n) is 5.32. The first-order valence-corrected chi connectivity index (χ1v) is 11.6. The van der Waals surface area contributed by atoms with E-state index in [2.05, 4.69) is 61.3 Å². The molecule has 1 unspecified atom stereocenters. The second-order valence-electron chi connectivity index (χ2n) is 9.75. The highest BCUT2D eigenvalue weighted by atomic mass is 16.1. The number of nitrogens with zero attached hydrogens (tertiary/aromatic N) is 1. The van der Waals surface area contributed by atoms with Crippen LogP contribution in [0.2, 0.25) is 0 Å². The molecule has 1 fully saturated rings. The first kappa shape index (κ1) is 22.1. The molecule has 1 heterocycles. The van der Waals surface area contributed by atoms with Crippen LogP contribution >= 0.6 is 0 Å². The second-order valence-corrected chi connectivity index (χ2v) is 9.75. The van der Waals surface area contributed by atoms with Crippen molar-refractivity contribution in [3.05, 3.63) is 47.0 Å². The zero-order chi connectivity index (χ0) is 20.9. The van der Waals surface area contributed by atoms with Gasteiger partial charge in [0.1, 0.15) is 0 Å². The number of fused-ring (bicyclic) bond motifs is 2. The molecule has 2 atom stereocenters. The third kappa shape index (κ3) is 5.72. The molecule has 1 amide bonds. The molecule has 3 rings (SSSR count). The van der Waals surface area contributed by atoms with Crippen molar-refractivity contribution < 1.29 is 4.79 Å². The van der Waals surface area contributed by atoms with E-state index >= 15 is 0 Å². The van der Waals surface area contributed by atoms with Crippen LogP contribution in [0.4, 0.5) is 0 Å². The largest absolute Gasteiger partial charge is 0.350 e. The average molecular weight is 397 g/mol. The lowest BCUT2D eigenvalue weighted by Crippen LogP contribution is -2.46. The summed E-state index contributed by atoms with van der Waals surface area (Å²) in [4.78, 5) is 14.3. The molecule has 3 nitrogen and oxygen atoms in total. The second kappa shape index (κ2) is 9.93. The molecule has 1 spiro atoms. The van der Waals surface area contributed by atoms with Crippen LogP contribution in [0.5, 0.6) is 0 Å². The minimum Gasteiger partial charge on any atom is -0.350 e. The molecular formula is C26H40N2O. The Morgan fingerprint density at radius 3 is 2.59 bits per heavy atom. The number of amides is 1. The highest BCUT2D eigenvalue weighted by Crippen LogP contribution is 2.47. The van der Waals surface area contributed by atoms with Gasteiger partial charge < -0.3 is 10.2 Å². The predicted octanol–water partition coefficient (Wildman–Crippen LogP) is 5.76. The number of carbonyl (C=O) groups is 1. The van der Waals surface area contributed by atoms with Crippen molar-refractivity contribution in [2.75, 3.05) is 19.6 Å². The Morgan fingerprint density at radius 1 is 1.17 bits per heavy atom. The molecule has 1 N–H and O–H groups in total. The summed E-state index contributed by atoms with van der Waals surface area (Å²) < 4.78 is 0. The summed E-state index contributed by atoms with van der Waals surface area (Å²) in [7, 11) is 0. The van der Waals surface area contributed by atoms with Crippen molar-refractivity contribution in [3.63, 3.8) is 0 Å². The van der Waals surface area contributed by atoms with Crippen LogP contribution < -0.4 is 5.32 Å². The van der Waals surface area contributed by atoms with E-state index in [9.17, 15) is 4.79 Å². The minimum atomic E-state index is 0.0780. The van der Waals surface area contributed by atoms with Gasteiger partial charge in [0.05, 0.1) is 6.04 Å². The molecule has 0 saturated carbocycles. The molecule has 1 saturated heterocycles. The van der Waals surface area contributed by atoms with Gasteiger partial charge in [0.2, 0.25) is 5.91 Å². The summed E-state index contributed by atoms with van der Waals surface area (Å²) in [6.45, 7) is 12.1. The summed E-state index contributed by atoms with van der Waals surface area (Å²) in [5, 5.41) is 3.17. The summed E-state index contributed by atoms with van der Waals surface area (Å²) >= 11 is 0. The first-order chi connectivity index (χ1) is 13.9. The van der Waals surface area contributed by atoms with Crippen LogP contribution in [0.15, 0.2) is 35.9 Å². The maximum Gasteiger partial charge on any atom is 0.217 e. The molecule has 29 heavy (non-hydrogen) atoms. The van der Waals surface area contributed by atoms with E-state index in [4.69, 9.17) is 0 Å². The van der Waals surface area contributed by atoms with E-state index in [1.807, 2.05) is 0 Å². The molecule has 3 heteroatoms. The number of benzene rings is 1. The van der Waals surface area contributed by atoms with Crippen LogP contribution in [-0.2, 0) is 10.2 Å². The number of piperidine rings is 1. The van der Waals surface area contributed by atoms with Crippen LogP contribution in [0.25, 0.3) is 0 Å². The Morgan fingerprint density at radius 2 is 1.90 bits per heavy atom. The van der Waals surface area contributed by atoms with Gasteiger partial charge in [-0.15, -0.1) is 0 Å². The zero-order valence-electron chi connectivity index (χ0n) is 19.0. The van der Waals surface area contributed by atoms with Gasteiger partial charge in [-0.3, -0.25) is 4.79 Å². The van der Waals surface area contributed by atoms with Gasteiger partial charge >= 0.3 is 0 Å². The van der Waals surface area contributed by atoms with E-state index in [0.29, 0.717) is 5.41 Å². The highest BCUT2D eigenvalue weighted by Gasteiger charge is 2.41. The quantitative estimate of drug-likeness (QED) is 0.594. The van der Waals surface area contributed by atoms with Crippen molar-refractivity contribution in [3.8, 4) is 0 Å². The molecule has 1 aliphatic carbocycles. The normalized spacial score (nSPS) is 22.0. The van der Waals surface area contributed by atoms with Crippen molar-refractivity contribution in [2.45, 2.75) is 84.1 Å². The van der Waals surface area contributed by atoms with E-state index in [-0.39, 0.29) is 11.9 Å². The minimum absolute atomic E-state index is 0.0780. The molecular weight excluding hydrogens is 356 g/mol. The lowest BCUT2D eigenvalue weighted by molar-refractivity contribution is -0.119. The number of allylic oxidation sites excluding steroid dienone is 2. The molecule has 2 aliphatic rings. The smallest absolute Gasteiger partial charge is 0.217 e. The maximum absolute atomic E-state index is 11.6. The molecule has 0 radical (unpaired) electrons. The van der Waals surface area contributed by atoms with E-state index in [1.54, 1.807) is 6.92 Å². The van der Waals surface area contributed by atoms with Crippen LogP contribution in [0.1, 0.15) is 89.8 Å². The number of likely N-dealkylation sites (tertiary alicyclic amines) is 1. The fraction of sp³-hybridized carbons (Fsp3) is 0.654. The monoisotopic (exact) mass is 396 g/mol. The zero-order valence-corrected chi connectivity index (χ0v) is 19.0. The number of nitrogens with one attached hydrogen (secondary N) is 1.